The molecule has 0 aliphatic heterocycles. The molecule has 104 valence electrons. The van der Waals surface area contributed by atoms with Gasteiger partial charge in [-0.3, -0.25) is 10.1 Å². The van der Waals surface area contributed by atoms with E-state index in [2.05, 4.69) is 47.2 Å². The summed E-state index contributed by atoms with van der Waals surface area (Å²) in [7, 11) is 0. The van der Waals surface area contributed by atoms with Crippen LogP contribution in [-0.2, 0) is 0 Å². The van der Waals surface area contributed by atoms with Gasteiger partial charge in [0.25, 0.3) is 5.69 Å². The third-order valence-electron chi connectivity index (χ3n) is 3.18. The van der Waals surface area contributed by atoms with Gasteiger partial charge in [-0.2, -0.15) is 0 Å². The van der Waals surface area contributed by atoms with Gasteiger partial charge in [0.15, 0.2) is 0 Å². The van der Waals surface area contributed by atoms with Crippen molar-refractivity contribution in [2.45, 2.75) is 19.9 Å². The fourth-order valence-corrected chi connectivity index (χ4v) is 2.67. The van der Waals surface area contributed by atoms with Crippen molar-refractivity contribution in [2.75, 3.05) is 5.32 Å². The van der Waals surface area contributed by atoms with Crippen molar-refractivity contribution in [1.82, 2.24) is 0 Å². The standard InChI is InChI=1S/C15H15BrN2O2/c1-10-5-3-4-6-13(10)11(2)17-12-7-8-15(18(19)20)14(16)9-12/h3-9,11,17H,1-2H3. The zero-order valence-corrected chi connectivity index (χ0v) is 12.8. The van der Waals surface area contributed by atoms with Crippen LogP contribution in [0.2, 0.25) is 0 Å². The Labute approximate surface area is 126 Å². The van der Waals surface area contributed by atoms with Crippen LogP contribution in [-0.4, -0.2) is 4.92 Å². The molecule has 20 heavy (non-hydrogen) atoms. The maximum absolute atomic E-state index is 10.8. The largest absolute Gasteiger partial charge is 0.378 e. The minimum atomic E-state index is -0.404. The Morgan fingerprint density at radius 1 is 1.25 bits per heavy atom. The monoisotopic (exact) mass is 334 g/mol. The van der Waals surface area contributed by atoms with E-state index in [9.17, 15) is 10.1 Å². The van der Waals surface area contributed by atoms with Gasteiger partial charge in [-0.15, -0.1) is 0 Å². The first kappa shape index (κ1) is 14.5. The summed E-state index contributed by atoms with van der Waals surface area (Å²) in [5.74, 6) is 0. The molecule has 0 amide bonds. The number of hydrogen-bond acceptors (Lipinski definition) is 3. The molecule has 4 nitrogen and oxygen atoms in total. The third-order valence-corrected chi connectivity index (χ3v) is 3.82. The van der Waals surface area contributed by atoms with E-state index in [1.165, 1.54) is 17.2 Å². The van der Waals surface area contributed by atoms with E-state index in [-0.39, 0.29) is 11.7 Å². The zero-order valence-electron chi connectivity index (χ0n) is 11.3. The van der Waals surface area contributed by atoms with Gasteiger partial charge >= 0.3 is 0 Å². The van der Waals surface area contributed by atoms with Crippen molar-refractivity contribution in [2.24, 2.45) is 0 Å². The van der Waals surface area contributed by atoms with Gasteiger partial charge in [-0.1, -0.05) is 24.3 Å². The highest BCUT2D eigenvalue weighted by Crippen LogP contribution is 2.29. The Hall–Kier alpha value is -1.88. The van der Waals surface area contributed by atoms with E-state index in [1.807, 2.05) is 12.1 Å². The van der Waals surface area contributed by atoms with Crippen LogP contribution in [0, 0.1) is 17.0 Å². The molecular weight excluding hydrogens is 320 g/mol. The highest BCUT2D eigenvalue weighted by Gasteiger charge is 2.13. The molecule has 0 heterocycles. The van der Waals surface area contributed by atoms with Crippen LogP contribution in [0.15, 0.2) is 46.9 Å². The molecule has 5 heteroatoms. The van der Waals surface area contributed by atoms with Gasteiger partial charge in [-0.25, -0.2) is 0 Å². The number of halogens is 1. The molecule has 1 unspecified atom stereocenters. The first-order valence-electron chi connectivity index (χ1n) is 6.25. The van der Waals surface area contributed by atoms with Gasteiger partial charge in [0.2, 0.25) is 0 Å². The number of nitro groups is 1. The average molecular weight is 335 g/mol. The lowest BCUT2D eigenvalue weighted by atomic mass is 10.0. The highest BCUT2D eigenvalue weighted by molar-refractivity contribution is 9.10. The van der Waals surface area contributed by atoms with E-state index >= 15 is 0 Å². The number of aryl methyl sites for hydroxylation is 1. The first-order valence-corrected chi connectivity index (χ1v) is 7.04. The molecular formula is C15H15BrN2O2. The number of nitrogens with one attached hydrogen (secondary N) is 1. The van der Waals surface area contributed by atoms with E-state index < -0.39 is 4.92 Å². The molecule has 2 aromatic rings. The van der Waals surface area contributed by atoms with Crippen molar-refractivity contribution >= 4 is 27.3 Å². The van der Waals surface area contributed by atoms with Crippen molar-refractivity contribution < 1.29 is 4.92 Å². The number of nitro benzene ring substituents is 1. The minimum absolute atomic E-state index is 0.0686. The van der Waals surface area contributed by atoms with Crippen molar-refractivity contribution in [3.8, 4) is 0 Å². The van der Waals surface area contributed by atoms with E-state index in [1.54, 1.807) is 12.1 Å². The summed E-state index contributed by atoms with van der Waals surface area (Å²) in [5.41, 5.74) is 3.34. The SMILES string of the molecule is Cc1ccccc1C(C)Nc1ccc([N+](=O)[O-])c(Br)c1. The Balaban J connectivity index is 2.20. The summed E-state index contributed by atoms with van der Waals surface area (Å²) in [6, 6.07) is 13.2. The summed E-state index contributed by atoms with van der Waals surface area (Å²) in [5, 5.41) is 14.1. The Morgan fingerprint density at radius 2 is 1.95 bits per heavy atom. The van der Waals surface area contributed by atoms with Crippen LogP contribution in [0.5, 0.6) is 0 Å². The lowest BCUT2D eigenvalue weighted by Crippen LogP contribution is -2.08. The van der Waals surface area contributed by atoms with Crippen LogP contribution in [0.25, 0.3) is 0 Å². The molecule has 0 bridgehead atoms. The smallest absolute Gasteiger partial charge is 0.283 e. The number of benzene rings is 2. The summed E-state index contributed by atoms with van der Waals surface area (Å²) in [4.78, 5) is 10.4. The Kier molecular flexibility index (Phi) is 4.39. The molecule has 0 spiro atoms. The molecule has 0 saturated heterocycles. The summed E-state index contributed by atoms with van der Waals surface area (Å²) >= 11 is 3.23. The van der Waals surface area contributed by atoms with E-state index in [4.69, 9.17) is 0 Å². The van der Waals surface area contributed by atoms with Gasteiger partial charge in [0.05, 0.1) is 9.40 Å². The summed E-state index contributed by atoms with van der Waals surface area (Å²) < 4.78 is 0.476. The van der Waals surface area contributed by atoms with Gasteiger partial charge in [0.1, 0.15) is 0 Å². The quantitative estimate of drug-likeness (QED) is 0.642. The van der Waals surface area contributed by atoms with E-state index in [0.29, 0.717) is 4.47 Å². The van der Waals surface area contributed by atoms with Crippen molar-refractivity contribution in [1.29, 1.82) is 0 Å². The molecule has 0 aromatic heterocycles. The number of hydrogen-bond donors (Lipinski definition) is 1. The maximum Gasteiger partial charge on any atom is 0.283 e. The van der Waals surface area contributed by atoms with Crippen LogP contribution >= 0.6 is 15.9 Å². The fraction of sp³-hybridized carbons (Fsp3) is 0.200. The molecule has 1 atom stereocenters. The first-order chi connectivity index (χ1) is 9.49. The normalized spacial score (nSPS) is 11.9. The lowest BCUT2D eigenvalue weighted by Gasteiger charge is -2.18. The molecule has 0 aliphatic carbocycles. The van der Waals surface area contributed by atoms with Crippen LogP contribution in [0.4, 0.5) is 11.4 Å². The number of anilines is 1. The molecule has 2 aromatic carbocycles. The number of rotatable bonds is 4. The Morgan fingerprint density at radius 3 is 2.55 bits per heavy atom. The van der Waals surface area contributed by atoms with E-state index in [0.717, 1.165) is 5.69 Å². The molecule has 0 aliphatic rings. The van der Waals surface area contributed by atoms with Crippen molar-refractivity contribution in [3.63, 3.8) is 0 Å². The third kappa shape index (κ3) is 3.17. The second kappa shape index (κ2) is 6.05. The second-order valence-electron chi connectivity index (χ2n) is 4.65. The Bertz CT molecular complexity index is 644. The van der Waals surface area contributed by atoms with Crippen molar-refractivity contribution in [3.05, 3.63) is 68.2 Å². The molecule has 0 saturated carbocycles. The molecule has 2 rings (SSSR count). The maximum atomic E-state index is 10.8. The lowest BCUT2D eigenvalue weighted by molar-refractivity contribution is -0.385. The molecule has 1 N–H and O–H groups in total. The summed E-state index contributed by atoms with van der Waals surface area (Å²) in [6.07, 6.45) is 0. The minimum Gasteiger partial charge on any atom is -0.378 e. The second-order valence-corrected chi connectivity index (χ2v) is 5.50. The average Bonchev–Trinajstić information content (AvgIpc) is 2.38. The number of nitrogens with zero attached hydrogens (tertiary/aromatic N) is 1. The highest BCUT2D eigenvalue weighted by atomic mass is 79.9. The molecule has 0 fully saturated rings. The predicted molar refractivity (Wildman–Crippen MR) is 84.0 cm³/mol. The van der Waals surface area contributed by atoms with Crippen LogP contribution in [0.3, 0.4) is 0 Å². The molecule has 0 radical (unpaired) electrons. The predicted octanol–water partition coefficient (Wildman–Crippen LogP) is 4.84. The van der Waals surface area contributed by atoms with Crippen LogP contribution in [0.1, 0.15) is 24.1 Å². The van der Waals surface area contributed by atoms with Gasteiger partial charge in [-0.05, 0) is 53.0 Å². The fourth-order valence-electron chi connectivity index (χ4n) is 2.15. The van der Waals surface area contributed by atoms with Crippen LogP contribution < -0.4 is 5.32 Å². The van der Waals surface area contributed by atoms with Gasteiger partial charge in [0, 0.05) is 17.8 Å². The summed E-state index contributed by atoms with van der Waals surface area (Å²) in [6.45, 7) is 4.14. The topological polar surface area (TPSA) is 55.2 Å². The van der Waals surface area contributed by atoms with Gasteiger partial charge < -0.3 is 5.32 Å². The zero-order chi connectivity index (χ0) is 14.7.